The van der Waals surface area contributed by atoms with Crippen molar-refractivity contribution in [3.05, 3.63) is 42.0 Å². The molecule has 2 bridgehead atoms. The molecule has 21 heavy (non-hydrogen) atoms. The van der Waals surface area contributed by atoms with Crippen LogP contribution >= 0.6 is 0 Å². The quantitative estimate of drug-likeness (QED) is 0.508. The van der Waals surface area contributed by atoms with Gasteiger partial charge < -0.3 is 11.1 Å². The molecule has 0 saturated heterocycles. The summed E-state index contributed by atoms with van der Waals surface area (Å²) in [6, 6.07) is 3.20. The number of rotatable bonds is 4. The van der Waals surface area contributed by atoms with Crippen LogP contribution in [0.4, 0.5) is 14.5 Å². The molecule has 1 saturated carbocycles. The van der Waals surface area contributed by atoms with Crippen LogP contribution in [-0.2, 0) is 0 Å². The first-order valence-electron chi connectivity index (χ1n) is 7.32. The maximum Gasteiger partial charge on any atom is 0.193 e. The van der Waals surface area contributed by atoms with E-state index >= 15 is 0 Å². The zero-order valence-corrected chi connectivity index (χ0v) is 11.7. The Kier molecular flexibility index (Phi) is 3.90. The molecule has 3 N–H and O–H groups in total. The fraction of sp³-hybridized carbons (Fsp3) is 0.438. The minimum absolute atomic E-state index is 0.0131. The summed E-state index contributed by atoms with van der Waals surface area (Å²) in [5.74, 6) is 1.19. The number of benzene rings is 1. The predicted molar refractivity (Wildman–Crippen MR) is 79.9 cm³/mol. The van der Waals surface area contributed by atoms with Gasteiger partial charge in [0.1, 0.15) is 11.6 Å². The molecule has 3 rings (SSSR count). The standard InChI is InChI=1S/C16H19F2N3/c17-13-3-4-14(18)15(9-13)21-16(19)20-6-5-12-8-10-1-2-11(12)7-10/h1-4,9-12H,5-8H2,(H3,19,20,21)/t10-,11+,12?/m1/s1. The summed E-state index contributed by atoms with van der Waals surface area (Å²) in [6.07, 6.45) is 8.12. The van der Waals surface area contributed by atoms with Crippen molar-refractivity contribution in [1.82, 2.24) is 0 Å². The van der Waals surface area contributed by atoms with Gasteiger partial charge in [0.05, 0.1) is 5.69 Å². The van der Waals surface area contributed by atoms with E-state index in [1.807, 2.05) is 0 Å². The number of nitrogens with two attached hydrogens (primary N) is 1. The molecule has 0 radical (unpaired) electrons. The minimum atomic E-state index is -0.548. The summed E-state index contributed by atoms with van der Waals surface area (Å²) in [4.78, 5) is 4.21. The van der Waals surface area contributed by atoms with Crippen LogP contribution in [0.3, 0.4) is 0 Å². The Morgan fingerprint density at radius 3 is 2.86 bits per heavy atom. The average Bonchev–Trinajstić information content (AvgIpc) is 3.05. The molecular weight excluding hydrogens is 272 g/mol. The molecule has 112 valence electrons. The zero-order valence-electron chi connectivity index (χ0n) is 11.7. The van der Waals surface area contributed by atoms with E-state index in [0.717, 1.165) is 30.5 Å². The van der Waals surface area contributed by atoms with Crippen LogP contribution in [0.1, 0.15) is 19.3 Å². The molecule has 3 atom stereocenters. The maximum absolute atomic E-state index is 13.5. The van der Waals surface area contributed by atoms with E-state index in [0.29, 0.717) is 18.4 Å². The third-order valence-electron chi connectivity index (χ3n) is 4.39. The lowest BCUT2D eigenvalue weighted by Crippen LogP contribution is -2.24. The Morgan fingerprint density at radius 2 is 2.14 bits per heavy atom. The second kappa shape index (κ2) is 5.84. The smallest absolute Gasteiger partial charge is 0.193 e. The van der Waals surface area contributed by atoms with Crippen LogP contribution < -0.4 is 11.1 Å². The summed E-state index contributed by atoms with van der Waals surface area (Å²) in [5.41, 5.74) is 5.73. The molecule has 2 aliphatic rings. The number of anilines is 1. The van der Waals surface area contributed by atoms with Crippen LogP contribution in [0.5, 0.6) is 0 Å². The molecule has 0 amide bonds. The number of guanidine groups is 1. The number of hydrogen-bond donors (Lipinski definition) is 2. The van der Waals surface area contributed by atoms with Gasteiger partial charge in [-0.25, -0.2) is 8.78 Å². The zero-order chi connectivity index (χ0) is 14.8. The first-order valence-corrected chi connectivity index (χ1v) is 7.32. The van der Waals surface area contributed by atoms with Crippen molar-refractivity contribution in [1.29, 1.82) is 0 Å². The van der Waals surface area contributed by atoms with Crippen molar-refractivity contribution in [2.75, 3.05) is 11.9 Å². The Morgan fingerprint density at radius 1 is 1.29 bits per heavy atom. The highest BCUT2D eigenvalue weighted by molar-refractivity contribution is 5.92. The van der Waals surface area contributed by atoms with Gasteiger partial charge in [0.25, 0.3) is 0 Å². The first kappa shape index (κ1) is 14.0. The number of nitrogens with zero attached hydrogens (tertiary/aromatic N) is 1. The van der Waals surface area contributed by atoms with Crippen LogP contribution in [-0.4, -0.2) is 12.5 Å². The summed E-state index contributed by atoms with van der Waals surface area (Å²) in [5, 5.41) is 2.61. The van der Waals surface area contributed by atoms with Crippen LogP contribution in [0.2, 0.25) is 0 Å². The van der Waals surface area contributed by atoms with E-state index in [4.69, 9.17) is 5.73 Å². The SMILES string of the molecule is NC(=NCCC1C[C@@H]2C=C[C@H]1C2)Nc1cc(F)ccc1F. The third-order valence-corrected chi connectivity index (χ3v) is 4.39. The van der Waals surface area contributed by atoms with Crippen LogP contribution in [0, 0.1) is 29.4 Å². The predicted octanol–water partition coefficient (Wildman–Crippen LogP) is 3.29. The van der Waals surface area contributed by atoms with E-state index in [2.05, 4.69) is 22.5 Å². The Bertz CT molecular complexity index is 583. The third kappa shape index (κ3) is 3.23. The fourth-order valence-corrected chi connectivity index (χ4v) is 3.35. The molecule has 2 aliphatic carbocycles. The van der Waals surface area contributed by atoms with Gasteiger partial charge in [-0.1, -0.05) is 12.2 Å². The van der Waals surface area contributed by atoms with Crippen LogP contribution in [0.25, 0.3) is 0 Å². The summed E-state index contributed by atoms with van der Waals surface area (Å²) < 4.78 is 26.5. The second-order valence-electron chi connectivity index (χ2n) is 5.85. The number of fused-ring (bicyclic) bond motifs is 2. The Balaban J connectivity index is 1.52. The van der Waals surface area contributed by atoms with Gasteiger partial charge in [0, 0.05) is 12.6 Å². The highest BCUT2D eigenvalue weighted by Crippen LogP contribution is 2.44. The highest BCUT2D eigenvalue weighted by atomic mass is 19.1. The minimum Gasteiger partial charge on any atom is -0.370 e. The molecule has 0 aromatic heterocycles. The monoisotopic (exact) mass is 291 g/mol. The van der Waals surface area contributed by atoms with E-state index < -0.39 is 11.6 Å². The van der Waals surface area contributed by atoms with Gasteiger partial charge in [0.15, 0.2) is 5.96 Å². The van der Waals surface area contributed by atoms with Crippen molar-refractivity contribution in [2.45, 2.75) is 19.3 Å². The first-order chi connectivity index (χ1) is 10.1. The molecule has 0 spiro atoms. The molecule has 1 fully saturated rings. The van der Waals surface area contributed by atoms with Gasteiger partial charge in [0.2, 0.25) is 0 Å². The number of halogens is 2. The van der Waals surface area contributed by atoms with Crippen molar-refractivity contribution in [2.24, 2.45) is 28.5 Å². The molecule has 1 aromatic rings. The average molecular weight is 291 g/mol. The summed E-state index contributed by atoms with van der Waals surface area (Å²) in [7, 11) is 0. The fourth-order valence-electron chi connectivity index (χ4n) is 3.35. The molecule has 5 heteroatoms. The van der Waals surface area contributed by atoms with Gasteiger partial charge in [-0.05, 0) is 49.1 Å². The number of nitrogens with one attached hydrogen (secondary N) is 1. The summed E-state index contributed by atoms with van der Waals surface area (Å²) >= 11 is 0. The Labute approximate surface area is 122 Å². The second-order valence-corrected chi connectivity index (χ2v) is 5.85. The van der Waals surface area contributed by atoms with E-state index in [9.17, 15) is 8.78 Å². The maximum atomic E-state index is 13.5. The highest BCUT2D eigenvalue weighted by Gasteiger charge is 2.34. The molecule has 1 unspecified atom stereocenters. The normalized spacial score (nSPS) is 27.3. The summed E-state index contributed by atoms with van der Waals surface area (Å²) in [6.45, 7) is 0.609. The lowest BCUT2D eigenvalue weighted by atomic mass is 9.91. The Hall–Kier alpha value is -1.91. The van der Waals surface area contributed by atoms with Gasteiger partial charge in [-0.2, -0.15) is 0 Å². The molecule has 3 nitrogen and oxygen atoms in total. The number of allylic oxidation sites excluding steroid dienone is 2. The lowest BCUT2D eigenvalue weighted by Gasteiger charge is -2.16. The van der Waals surface area contributed by atoms with Gasteiger partial charge in [-0.3, -0.25) is 4.99 Å². The molecule has 0 heterocycles. The van der Waals surface area contributed by atoms with E-state index in [-0.39, 0.29) is 11.6 Å². The molecule has 1 aromatic carbocycles. The van der Waals surface area contributed by atoms with Crippen molar-refractivity contribution in [3.63, 3.8) is 0 Å². The largest absolute Gasteiger partial charge is 0.370 e. The van der Waals surface area contributed by atoms with Crippen molar-refractivity contribution in [3.8, 4) is 0 Å². The van der Waals surface area contributed by atoms with E-state index in [1.54, 1.807) is 0 Å². The number of hydrogen-bond acceptors (Lipinski definition) is 1. The molecular formula is C16H19F2N3. The number of aliphatic imine (C=N–C) groups is 1. The lowest BCUT2D eigenvalue weighted by molar-refractivity contribution is 0.422. The van der Waals surface area contributed by atoms with Crippen molar-refractivity contribution >= 4 is 11.6 Å². The van der Waals surface area contributed by atoms with E-state index in [1.165, 1.54) is 12.8 Å². The van der Waals surface area contributed by atoms with Gasteiger partial charge in [-0.15, -0.1) is 0 Å². The molecule has 0 aliphatic heterocycles. The topological polar surface area (TPSA) is 50.4 Å². The van der Waals surface area contributed by atoms with Crippen molar-refractivity contribution < 1.29 is 8.78 Å². The van der Waals surface area contributed by atoms with Crippen LogP contribution in [0.15, 0.2) is 35.3 Å². The van der Waals surface area contributed by atoms with Gasteiger partial charge >= 0.3 is 0 Å².